The second kappa shape index (κ2) is 16.9. The Hall–Kier alpha value is -3.54. The first-order chi connectivity index (χ1) is 23.3. The first-order valence-corrected chi connectivity index (χ1v) is 19.1. The van der Waals surface area contributed by atoms with Crippen LogP contribution in [0.1, 0.15) is 100 Å². The number of carbonyl (C=O) groups is 5. The number of hydrogen-bond acceptors (Lipinski definition) is 7. The fraction of sp³-hybridized carbons (Fsp3) is 0.750. The molecule has 5 amide bonds. The van der Waals surface area contributed by atoms with Crippen molar-refractivity contribution in [3.63, 3.8) is 0 Å². The lowest BCUT2D eigenvalue weighted by Crippen LogP contribution is -2.64. The number of hydrogen-bond donors (Lipinski definition) is 4. The number of sulfone groups is 1. The molecule has 0 aromatic heterocycles. The third-order valence-electron chi connectivity index (χ3n) is 9.80. The summed E-state index contributed by atoms with van der Waals surface area (Å²) in [6.07, 6.45) is 5.53. The zero-order valence-corrected chi connectivity index (χ0v) is 32.1. The molecule has 0 spiro atoms. The Morgan fingerprint density at radius 1 is 1.02 bits per heavy atom. The van der Waals surface area contributed by atoms with Crippen molar-refractivity contribution in [3.05, 3.63) is 12.7 Å². The molecule has 0 aromatic rings. The molecule has 0 radical (unpaired) electrons. The van der Waals surface area contributed by atoms with E-state index in [1.807, 2.05) is 13.8 Å². The highest BCUT2D eigenvalue weighted by Gasteiger charge is 2.50. The minimum atomic E-state index is -3.86. The van der Waals surface area contributed by atoms with E-state index in [9.17, 15) is 41.2 Å². The highest BCUT2D eigenvalue weighted by molar-refractivity contribution is 7.92. The number of nitrogens with zero attached hydrogens (tertiary/aromatic N) is 1. The molecule has 1 aliphatic carbocycles. The van der Waals surface area contributed by atoms with E-state index in [1.165, 1.54) is 31.7 Å². The van der Waals surface area contributed by atoms with Gasteiger partial charge >= 0.3 is 6.03 Å². The lowest BCUT2D eigenvalue weighted by molar-refractivity contribution is -0.144. The van der Waals surface area contributed by atoms with Crippen LogP contribution in [0.3, 0.4) is 0 Å². The molecule has 1 saturated carbocycles. The van der Waals surface area contributed by atoms with Crippen molar-refractivity contribution in [1.82, 2.24) is 26.2 Å². The van der Waals surface area contributed by atoms with Crippen molar-refractivity contribution >= 4 is 39.4 Å². The molecule has 15 heteroatoms. The fourth-order valence-electron chi connectivity index (χ4n) is 6.46. The highest BCUT2D eigenvalue weighted by atomic mass is 32.2. The second-order valence-corrected chi connectivity index (χ2v) is 19.0. The van der Waals surface area contributed by atoms with Crippen LogP contribution in [0.25, 0.3) is 0 Å². The standard InChI is InChI=1S/C36H57F2N5O7S/c1-11-13-14-25(27(44)30(46)39-20-12-2)40-29(45)26-24(23(3)4)15-21-43(26)31(47)28(33(5,6)7)41-32(48)42-35(16-18-36(37,38)19-17-35)22-51(49,50)34(8,9)10/h1,12,23-26,28H,2,13-22H2,3-10H3,(H,39,46)(H,40,45)(H2,41,42,48)/t24-,25?,26+,28-/m1/s1. The van der Waals surface area contributed by atoms with Gasteiger partial charge in [0.15, 0.2) is 9.84 Å². The van der Waals surface area contributed by atoms with Gasteiger partial charge in [-0.3, -0.25) is 19.2 Å². The summed E-state index contributed by atoms with van der Waals surface area (Å²) in [6, 6.07) is -4.45. The number of ketones is 1. The van der Waals surface area contributed by atoms with Gasteiger partial charge in [0, 0.05) is 32.4 Å². The first kappa shape index (κ1) is 43.6. The normalized spacial score (nSPS) is 21.5. The van der Waals surface area contributed by atoms with Crippen molar-refractivity contribution in [2.75, 3.05) is 18.8 Å². The van der Waals surface area contributed by atoms with Gasteiger partial charge in [-0.15, -0.1) is 18.9 Å². The summed E-state index contributed by atoms with van der Waals surface area (Å²) in [5.74, 6) is -4.64. The van der Waals surface area contributed by atoms with Gasteiger partial charge in [0.2, 0.25) is 23.5 Å². The van der Waals surface area contributed by atoms with Crippen LogP contribution >= 0.6 is 0 Å². The van der Waals surface area contributed by atoms with E-state index in [0.717, 1.165) is 0 Å². The molecular formula is C36H57F2N5O7S. The van der Waals surface area contributed by atoms with Gasteiger partial charge < -0.3 is 26.2 Å². The topological polar surface area (TPSA) is 171 Å². The molecule has 1 heterocycles. The maximum atomic E-state index is 14.4. The number of terminal acetylenes is 1. The minimum Gasteiger partial charge on any atom is -0.346 e. The van der Waals surface area contributed by atoms with Crippen LogP contribution in [-0.2, 0) is 29.0 Å². The van der Waals surface area contributed by atoms with Gasteiger partial charge in [0.05, 0.1) is 22.1 Å². The number of urea groups is 1. The summed E-state index contributed by atoms with van der Waals surface area (Å²) in [6.45, 7) is 17.1. The average Bonchev–Trinajstić information content (AvgIpc) is 3.46. The molecule has 1 unspecified atom stereocenters. The van der Waals surface area contributed by atoms with E-state index in [0.29, 0.717) is 6.42 Å². The number of amides is 5. The van der Waals surface area contributed by atoms with E-state index < -0.39 is 97.7 Å². The molecule has 288 valence electrons. The number of halogens is 2. The molecule has 4 N–H and O–H groups in total. The van der Waals surface area contributed by atoms with E-state index >= 15 is 0 Å². The van der Waals surface area contributed by atoms with Crippen LogP contribution in [0.5, 0.6) is 0 Å². The van der Waals surface area contributed by atoms with Crippen LogP contribution < -0.4 is 21.3 Å². The SMILES string of the molecule is C#CCCC(NC(=O)[C@@H]1[C@@H](C(C)C)CCN1C(=O)[C@@H](NC(=O)NC1(CS(=O)(=O)C(C)(C)C)CCC(F)(F)CC1)C(C)(C)C)C(=O)C(=O)NCC=C. The zero-order valence-electron chi connectivity index (χ0n) is 31.3. The molecule has 51 heavy (non-hydrogen) atoms. The van der Waals surface area contributed by atoms with Crippen molar-refractivity contribution < 1.29 is 41.2 Å². The van der Waals surface area contributed by atoms with E-state index in [2.05, 4.69) is 33.8 Å². The van der Waals surface area contributed by atoms with Crippen LogP contribution in [0.15, 0.2) is 12.7 Å². The molecule has 1 aliphatic heterocycles. The molecule has 2 fully saturated rings. The third kappa shape index (κ3) is 11.5. The monoisotopic (exact) mass is 741 g/mol. The summed E-state index contributed by atoms with van der Waals surface area (Å²) in [5, 5.41) is 10.4. The van der Waals surface area contributed by atoms with Crippen molar-refractivity contribution in [2.24, 2.45) is 17.3 Å². The fourth-order valence-corrected chi connectivity index (χ4v) is 7.99. The largest absolute Gasteiger partial charge is 0.346 e. The third-order valence-corrected chi connectivity index (χ3v) is 12.6. The summed E-state index contributed by atoms with van der Waals surface area (Å²) < 4.78 is 53.8. The molecule has 0 aromatic carbocycles. The van der Waals surface area contributed by atoms with Crippen molar-refractivity contribution in [3.8, 4) is 12.3 Å². The van der Waals surface area contributed by atoms with Gasteiger partial charge in [-0.25, -0.2) is 22.0 Å². The first-order valence-electron chi connectivity index (χ1n) is 17.5. The summed E-state index contributed by atoms with van der Waals surface area (Å²) in [4.78, 5) is 68.9. The lowest BCUT2D eigenvalue weighted by atomic mass is 9.81. The summed E-state index contributed by atoms with van der Waals surface area (Å²) >= 11 is 0. The molecular weight excluding hydrogens is 684 g/mol. The smallest absolute Gasteiger partial charge is 0.315 e. The van der Waals surface area contributed by atoms with Gasteiger partial charge in [0.1, 0.15) is 12.1 Å². The highest BCUT2D eigenvalue weighted by Crippen LogP contribution is 2.40. The van der Waals surface area contributed by atoms with Gasteiger partial charge in [-0.1, -0.05) is 40.7 Å². The molecule has 12 nitrogen and oxygen atoms in total. The number of rotatable bonds is 14. The number of carbonyl (C=O) groups excluding carboxylic acids is 5. The molecule has 1 saturated heterocycles. The Morgan fingerprint density at radius 3 is 2.10 bits per heavy atom. The zero-order chi connectivity index (χ0) is 39.2. The van der Waals surface area contributed by atoms with Gasteiger partial charge in [0.25, 0.3) is 5.91 Å². The quantitative estimate of drug-likeness (QED) is 0.120. The van der Waals surface area contributed by atoms with Crippen molar-refractivity contribution in [2.45, 2.75) is 135 Å². The molecule has 2 rings (SSSR count). The number of alkyl halides is 2. The maximum absolute atomic E-state index is 14.4. The Kier molecular flexibility index (Phi) is 14.4. The Balaban J connectivity index is 2.42. The van der Waals surface area contributed by atoms with Gasteiger partial charge in [-0.2, -0.15) is 0 Å². The second-order valence-electron chi connectivity index (χ2n) is 16.2. The van der Waals surface area contributed by atoms with E-state index in [4.69, 9.17) is 6.42 Å². The summed E-state index contributed by atoms with van der Waals surface area (Å²) in [7, 11) is -3.86. The van der Waals surface area contributed by atoms with Crippen molar-refractivity contribution in [1.29, 1.82) is 0 Å². The number of Topliss-reactive ketones (excluding diaryl/α,β-unsaturated/α-hetero) is 1. The lowest BCUT2D eigenvalue weighted by Gasteiger charge is -2.42. The van der Waals surface area contributed by atoms with Crippen LogP contribution in [0.2, 0.25) is 0 Å². The minimum absolute atomic E-state index is 0.0133. The predicted molar refractivity (Wildman–Crippen MR) is 191 cm³/mol. The molecule has 0 bridgehead atoms. The van der Waals surface area contributed by atoms with Crippen LogP contribution in [-0.4, -0.2) is 96.0 Å². The number of nitrogens with one attached hydrogen (secondary N) is 4. The van der Waals surface area contributed by atoms with Crippen LogP contribution in [0, 0.1) is 29.6 Å². The van der Waals surface area contributed by atoms with E-state index in [1.54, 1.807) is 20.8 Å². The predicted octanol–water partition coefficient (Wildman–Crippen LogP) is 3.50. The molecule has 4 atom stereocenters. The average molecular weight is 742 g/mol. The summed E-state index contributed by atoms with van der Waals surface area (Å²) in [5.41, 5.74) is -2.43. The maximum Gasteiger partial charge on any atom is 0.315 e. The van der Waals surface area contributed by atoms with Gasteiger partial charge in [-0.05, 0) is 63.7 Å². The Morgan fingerprint density at radius 2 is 1.61 bits per heavy atom. The van der Waals surface area contributed by atoms with Crippen LogP contribution in [0.4, 0.5) is 13.6 Å². The Labute approximate surface area is 302 Å². The number of likely N-dealkylation sites (tertiary alicyclic amines) is 1. The Bertz CT molecular complexity index is 1470. The van der Waals surface area contributed by atoms with E-state index in [-0.39, 0.29) is 50.6 Å². The molecule has 2 aliphatic rings.